The van der Waals surface area contributed by atoms with Crippen molar-refractivity contribution >= 4 is 27.3 Å². The van der Waals surface area contributed by atoms with E-state index in [2.05, 4.69) is 37.3 Å². The molecule has 1 aliphatic carbocycles. The number of aryl methyl sites for hydroxylation is 1. The second-order valence-electron chi connectivity index (χ2n) is 4.65. The van der Waals surface area contributed by atoms with Crippen molar-refractivity contribution in [3.05, 3.63) is 38.5 Å². The fourth-order valence-electron chi connectivity index (χ4n) is 2.54. The second-order valence-corrected chi connectivity index (χ2v) is 7.17. The van der Waals surface area contributed by atoms with E-state index in [0.29, 0.717) is 6.04 Å². The first-order valence-electron chi connectivity index (χ1n) is 6.31. The number of H-pyrrole nitrogens is 1. The first-order chi connectivity index (χ1) is 8.83. The number of hydrogen-bond donors (Lipinski definition) is 2. The van der Waals surface area contributed by atoms with Crippen LogP contribution in [0.15, 0.2) is 22.4 Å². The first-order valence-corrected chi connectivity index (χ1v) is 7.92. The Morgan fingerprint density at radius 1 is 1.56 bits per heavy atom. The predicted octanol–water partition coefficient (Wildman–Crippen LogP) is 3.44. The summed E-state index contributed by atoms with van der Waals surface area (Å²) in [5.41, 5.74) is 2.70. The van der Waals surface area contributed by atoms with E-state index in [0.717, 1.165) is 13.0 Å². The highest BCUT2D eigenvalue weighted by atomic mass is 79.9. The summed E-state index contributed by atoms with van der Waals surface area (Å²) in [6.07, 6.45) is 8.43. The van der Waals surface area contributed by atoms with E-state index < -0.39 is 0 Å². The number of aromatic nitrogens is 2. The third-order valence-corrected chi connectivity index (χ3v) is 5.14. The van der Waals surface area contributed by atoms with Gasteiger partial charge in [-0.25, -0.2) is 4.98 Å². The van der Waals surface area contributed by atoms with Crippen molar-refractivity contribution in [1.82, 2.24) is 15.3 Å². The van der Waals surface area contributed by atoms with Crippen LogP contribution in [0.25, 0.3) is 0 Å². The molecule has 5 heteroatoms. The van der Waals surface area contributed by atoms with Crippen molar-refractivity contribution < 1.29 is 0 Å². The van der Waals surface area contributed by atoms with Gasteiger partial charge in [0.2, 0.25) is 0 Å². The van der Waals surface area contributed by atoms with Crippen molar-refractivity contribution in [3.63, 3.8) is 0 Å². The Hall–Kier alpha value is -0.650. The Balaban J connectivity index is 1.60. The van der Waals surface area contributed by atoms with Crippen LogP contribution in [-0.2, 0) is 12.8 Å². The van der Waals surface area contributed by atoms with Gasteiger partial charge in [0.15, 0.2) is 0 Å². The molecule has 2 heterocycles. The molecule has 2 N–H and O–H groups in total. The van der Waals surface area contributed by atoms with E-state index in [1.807, 2.05) is 17.5 Å². The molecular formula is C13H16BrN3S. The van der Waals surface area contributed by atoms with Gasteiger partial charge in [-0.3, -0.25) is 0 Å². The fourth-order valence-corrected chi connectivity index (χ4v) is 4.36. The zero-order valence-corrected chi connectivity index (χ0v) is 12.5. The maximum absolute atomic E-state index is 4.04. The third-order valence-electron chi connectivity index (χ3n) is 3.42. The predicted molar refractivity (Wildman–Crippen MR) is 78.0 cm³/mol. The van der Waals surface area contributed by atoms with Crippen LogP contribution in [0.4, 0.5) is 0 Å². The minimum Gasteiger partial charge on any atom is -0.348 e. The molecule has 0 saturated heterocycles. The molecular weight excluding hydrogens is 310 g/mol. The Bertz CT molecular complexity index is 506. The number of fused-ring (bicyclic) bond motifs is 1. The van der Waals surface area contributed by atoms with Crippen LogP contribution in [-0.4, -0.2) is 16.5 Å². The van der Waals surface area contributed by atoms with E-state index in [4.69, 9.17) is 0 Å². The normalized spacial score (nSPS) is 18.8. The lowest BCUT2D eigenvalue weighted by Gasteiger charge is -2.23. The van der Waals surface area contributed by atoms with Crippen LogP contribution in [0.2, 0.25) is 0 Å². The summed E-state index contributed by atoms with van der Waals surface area (Å²) >= 11 is 5.48. The molecule has 0 aromatic carbocycles. The minimum absolute atomic E-state index is 0.527. The molecule has 3 rings (SSSR count). The topological polar surface area (TPSA) is 40.7 Å². The second kappa shape index (κ2) is 5.55. The molecule has 0 radical (unpaired) electrons. The maximum Gasteiger partial charge on any atom is 0.0921 e. The molecule has 0 saturated carbocycles. The quantitative estimate of drug-likeness (QED) is 0.904. The van der Waals surface area contributed by atoms with Crippen molar-refractivity contribution in [3.8, 4) is 0 Å². The van der Waals surface area contributed by atoms with E-state index >= 15 is 0 Å². The zero-order chi connectivity index (χ0) is 12.4. The largest absolute Gasteiger partial charge is 0.348 e. The molecule has 0 amide bonds. The van der Waals surface area contributed by atoms with Gasteiger partial charge in [0, 0.05) is 35.8 Å². The van der Waals surface area contributed by atoms with Gasteiger partial charge in [-0.1, -0.05) is 0 Å². The molecule has 18 heavy (non-hydrogen) atoms. The van der Waals surface area contributed by atoms with E-state index in [-0.39, 0.29) is 0 Å². The molecule has 0 aliphatic heterocycles. The fraction of sp³-hybridized carbons (Fsp3) is 0.462. The van der Waals surface area contributed by atoms with Gasteiger partial charge >= 0.3 is 0 Å². The summed E-state index contributed by atoms with van der Waals surface area (Å²) in [5, 5.41) is 3.67. The summed E-state index contributed by atoms with van der Waals surface area (Å²) in [4.78, 5) is 8.73. The number of hydrogen-bond acceptors (Lipinski definition) is 3. The number of aromatic amines is 1. The number of rotatable bonds is 4. The summed E-state index contributed by atoms with van der Waals surface area (Å²) < 4.78 is 1.26. The minimum atomic E-state index is 0.527. The number of nitrogens with zero attached hydrogens (tertiary/aromatic N) is 1. The third kappa shape index (κ3) is 2.68. The SMILES string of the molecule is Brc1cc2c(s1)CCCC2NCCc1cnc[nH]1. The van der Waals surface area contributed by atoms with Crippen molar-refractivity contribution in [2.75, 3.05) is 6.54 Å². The molecule has 1 aliphatic rings. The zero-order valence-electron chi connectivity index (χ0n) is 10.1. The van der Waals surface area contributed by atoms with Crippen LogP contribution < -0.4 is 5.32 Å². The highest BCUT2D eigenvalue weighted by Gasteiger charge is 2.21. The Morgan fingerprint density at radius 3 is 3.33 bits per heavy atom. The molecule has 2 aromatic rings. The lowest BCUT2D eigenvalue weighted by Crippen LogP contribution is -2.26. The van der Waals surface area contributed by atoms with Gasteiger partial charge < -0.3 is 10.3 Å². The summed E-state index contributed by atoms with van der Waals surface area (Å²) in [7, 11) is 0. The summed E-state index contributed by atoms with van der Waals surface area (Å²) in [6.45, 7) is 1.000. The van der Waals surface area contributed by atoms with Gasteiger partial charge in [0.1, 0.15) is 0 Å². The Morgan fingerprint density at radius 2 is 2.50 bits per heavy atom. The average molecular weight is 326 g/mol. The Labute approximate surface area is 119 Å². The standard InChI is InChI=1S/C13H16BrN3S/c14-13-6-10-11(2-1-3-12(10)18-13)16-5-4-9-7-15-8-17-9/h6-8,11,16H,1-5H2,(H,15,17). The number of halogens is 1. The van der Waals surface area contributed by atoms with E-state index in [9.17, 15) is 0 Å². The van der Waals surface area contributed by atoms with E-state index in [1.54, 1.807) is 11.2 Å². The molecule has 0 spiro atoms. The van der Waals surface area contributed by atoms with Gasteiger partial charge in [0.25, 0.3) is 0 Å². The molecule has 96 valence electrons. The maximum atomic E-state index is 4.04. The van der Waals surface area contributed by atoms with Gasteiger partial charge in [-0.15, -0.1) is 11.3 Å². The van der Waals surface area contributed by atoms with Crippen molar-refractivity contribution in [1.29, 1.82) is 0 Å². The molecule has 0 bridgehead atoms. The molecule has 2 aromatic heterocycles. The lowest BCUT2D eigenvalue weighted by atomic mass is 9.94. The number of nitrogens with one attached hydrogen (secondary N) is 2. The number of imidazole rings is 1. The summed E-state index contributed by atoms with van der Waals surface area (Å²) in [5.74, 6) is 0. The Kier molecular flexibility index (Phi) is 3.82. The molecule has 1 atom stereocenters. The van der Waals surface area contributed by atoms with Crippen LogP contribution in [0, 0.1) is 0 Å². The van der Waals surface area contributed by atoms with Crippen LogP contribution in [0.3, 0.4) is 0 Å². The molecule has 3 nitrogen and oxygen atoms in total. The van der Waals surface area contributed by atoms with Crippen molar-refractivity contribution in [2.45, 2.75) is 31.7 Å². The van der Waals surface area contributed by atoms with Crippen LogP contribution in [0.1, 0.15) is 35.0 Å². The average Bonchev–Trinajstić information content (AvgIpc) is 2.97. The highest BCUT2D eigenvalue weighted by molar-refractivity contribution is 9.11. The smallest absolute Gasteiger partial charge is 0.0921 e. The first kappa shape index (κ1) is 12.4. The van der Waals surface area contributed by atoms with Gasteiger partial charge in [-0.2, -0.15) is 0 Å². The van der Waals surface area contributed by atoms with Crippen LogP contribution >= 0.6 is 27.3 Å². The monoisotopic (exact) mass is 325 g/mol. The van der Waals surface area contributed by atoms with Gasteiger partial charge in [0.05, 0.1) is 10.1 Å². The molecule has 0 fully saturated rings. The number of thiophene rings is 1. The van der Waals surface area contributed by atoms with Crippen LogP contribution in [0.5, 0.6) is 0 Å². The van der Waals surface area contributed by atoms with Crippen molar-refractivity contribution in [2.24, 2.45) is 0 Å². The molecule has 1 unspecified atom stereocenters. The summed E-state index contributed by atoms with van der Waals surface area (Å²) in [6, 6.07) is 2.81. The van der Waals surface area contributed by atoms with E-state index in [1.165, 1.54) is 34.3 Å². The highest BCUT2D eigenvalue weighted by Crippen LogP contribution is 2.37. The van der Waals surface area contributed by atoms with Gasteiger partial charge in [-0.05, 0) is 46.8 Å². The lowest BCUT2D eigenvalue weighted by molar-refractivity contribution is 0.466.